The fourth-order valence-electron chi connectivity index (χ4n) is 1.67. The third-order valence-electron chi connectivity index (χ3n) is 2.84. The van der Waals surface area contributed by atoms with Crippen LogP contribution in [-0.4, -0.2) is 24.2 Å². The molecule has 0 bridgehead atoms. The minimum Gasteiger partial charge on any atom is -0.469 e. The number of ether oxygens (including phenoxy) is 1. The number of aliphatic hydroxyl groups is 1. The maximum atomic E-state index is 11.0. The zero-order chi connectivity index (χ0) is 13.4. The molecular formula is C14H21NO3. The second-order valence-electron chi connectivity index (χ2n) is 4.37. The minimum absolute atomic E-state index is 0.0612. The van der Waals surface area contributed by atoms with Gasteiger partial charge in [-0.05, 0) is 24.5 Å². The molecule has 0 aliphatic rings. The average Bonchev–Trinajstić information content (AvgIpc) is 2.42. The van der Waals surface area contributed by atoms with Crippen LogP contribution in [-0.2, 0) is 22.7 Å². The first-order chi connectivity index (χ1) is 8.65. The van der Waals surface area contributed by atoms with Crippen molar-refractivity contribution in [3.05, 3.63) is 35.4 Å². The molecule has 0 aliphatic heterocycles. The molecule has 4 nitrogen and oxygen atoms in total. The highest BCUT2D eigenvalue weighted by molar-refractivity contribution is 5.69. The van der Waals surface area contributed by atoms with Crippen LogP contribution in [0, 0.1) is 0 Å². The van der Waals surface area contributed by atoms with E-state index in [0.717, 1.165) is 24.1 Å². The van der Waals surface area contributed by atoms with E-state index in [1.54, 1.807) is 0 Å². The van der Waals surface area contributed by atoms with Crippen LogP contribution in [0.15, 0.2) is 24.3 Å². The van der Waals surface area contributed by atoms with Crippen LogP contribution >= 0.6 is 0 Å². The summed E-state index contributed by atoms with van der Waals surface area (Å²) in [4.78, 5) is 11.0. The van der Waals surface area contributed by atoms with Crippen molar-refractivity contribution in [2.45, 2.75) is 39.0 Å². The van der Waals surface area contributed by atoms with Crippen molar-refractivity contribution >= 4 is 5.97 Å². The Balaban J connectivity index is 2.33. The summed E-state index contributed by atoms with van der Waals surface area (Å²) in [7, 11) is 1.40. The molecule has 1 atom stereocenters. The number of hydrogen-bond acceptors (Lipinski definition) is 4. The molecule has 1 rings (SSSR count). The van der Waals surface area contributed by atoms with E-state index in [-0.39, 0.29) is 18.6 Å². The number of methoxy groups -OCH3 is 1. The summed E-state index contributed by atoms with van der Waals surface area (Å²) >= 11 is 0. The predicted octanol–water partition coefficient (Wildman–Crippen LogP) is 1.61. The number of rotatable bonds is 7. The maximum absolute atomic E-state index is 11.0. The predicted molar refractivity (Wildman–Crippen MR) is 69.9 cm³/mol. The second kappa shape index (κ2) is 7.84. The molecule has 0 amide bonds. The molecule has 18 heavy (non-hydrogen) atoms. The van der Waals surface area contributed by atoms with Gasteiger partial charge in [0.2, 0.25) is 0 Å². The number of hydrogen-bond donors (Lipinski definition) is 2. The lowest BCUT2D eigenvalue weighted by Gasteiger charge is -2.13. The van der Waals surface area contributed by atoms with Gasteiger partial charge < -0.3 is 15.2 Å². The van der Waals surface area contributed by atoms with Crippen LogP contribution in [0.5, 0.6) is 0 Å². The van der Waals surface area contributed by atoms with Gasteiger partial charge in [-0.15, -0.1) is 0 Å². The van der Waals surface area contributed by atoms with Crippen molar-refractivity contribution in [1.82, 2.24) is 5.32 Å². The molecule has 100 valence electrons. The van der Waals surface area contributed by atoms with Gasteiger partial charge in [-0.2, -0.15) is 0 Å². The standard InChI is InChI=1S/C14H21NO3/c1-11(6-7-14(17)18-2)15-9-12-4-3-5-13(8-12)10-16/h3-5,8,11,15-16H,6-7,9-10H2,1-2H3/t11-/m1/s1. The normalized spacial score (nSPS) is 12.2. The van der Waals surface area contributed by atoms with Crippen LogP contribution in [0.1, 0.15) is 30.9 Å². The summed E-state index contributed by atoms with van der Waals surface area (Å²) in [5.74, 6) is -0.175. The number of benzene rings is 1. The molecule has 0 saturated carbocycles. The Labute approximate surface area is 108 Å². The van der Waals surface area contributed by atoms with E-state index in [4.69, 9.17) is 5.11 Å². The molecule has 0 radical (unpaired) electrons. The largest absolute Gasteiger partial charge is 0.469 e. The van der Waals surface area contributed by atoms with E-state index >= 15 is 0 Å². The summed E-state index contributed by atoms with van der Waals surface area (Å²) in [6.45, 7) is 2.83. The van der Waals surface area contributed by atoms with Gasteiger partial charge in [0.25, 0.3) is 0 Å². The molecule has 0 fully saturated rings. The molecular weight excluding hydrogens is 230 g/mol. The van der Waals surface area contributed by atoms with Crippen molar-refractivity contribution in [2.24, 2.45) is 0 Å². The van der Waals surface area contributed by atoms with Gasteiger partial charge in [0, 0.05) is 19.0 Å². The number of nitrogens with one attached hydrogen (secondary N) is 1. The second-order valence-corrected chi connectivity index (χ2v) is 4.37. The number of aliphatic hydroxyl groups excluding tert-OH is 1. The van der Waals surface area contributed by atoms with E-state index in [1.165, 1.54) is 7.11 Å². The van der Waals surface area contributed by atoms with Crippen LogP contribution in [0.4, 0.5) is 0 Å². The van der Waals surface area contributed by atoms with Crippen LogP contribution in [0.25, 0.3) is 0 Å². The quantitative estimate of drug-likeness (QED) is 0.723. The zero-order valence-electron chi connectivity index (χ0n) is 11.0. The molecule has 0 aromatic heterocycles. The molecule has 1 aromatic carbocycles. The van der Waals surface area contributed by atoms with E-state index in [0.29, 0.717) is 6.42 Å². The molecule has 0 spiro atoms. The first-order valence-corrected chi connectivity index (χ1v) is 6.14. The lowest BCUT2D eigenvalue weighted by atomic mass is 10.1. The van der Waals surface area contributed by atoms with Gasteiger partial charge in [0.15, 0.2) is 0 Å². The van der Waals surface area contributed by atoms with Gasteiger partial charge in [-0.3, -0.25) is 4.79 Å². The Bertz CT molecular complexity index is 379. The highest BCUT2D eigenvalue weighted by Gasteiger charge is 2.06. The van der Waals surface area contributed by atoms with Crippen molar-refractivity contribution in [3.8, 4) is 0 Å². The van der Waals surface area contributed by atoms with Gasteiger partial charge in [0.05, 0.1) is 13.7 Å². The lowest BCUT2D eigenvalue weighted by molar-refractivity contribution is -0.140. The molecule has 2 N–H and O–H groups in total. The average molecular weight is 251 g/mol. The van der Waals surface area contributed by atoms with Crippen LogP contribution in [0.3, 0.4) is 0 Å². The van der Waals surface area contributed by atoms with Crippen molar-refractivity contribution in [2.75, 3.05) is 7.11 Å². The first-order valence-electron chi connectivity index (χ1n) is 6.14. The molecule has 4 heteroatoms. The SMILES string of the molecule is COC(=O)CC[C@@H](C)NCc1cccc(CO)c1. The first kappa shape index (κ1) is 14.7. The zero-order valence-corrected chi connectivity index (χ0v) is 11.0. The van der Waals surface area contributed by atoms with Crippen molar-refractivity contribution < 1.29 is 14.6 Å². The summed E-state index contributed by atoms with van der Waals surface area (Å²) < 4.78 is 4.60. The molecule has 0 aliphatic carbocycles. The van der Waals surface area contributed by atoms with Crippen LogP contribution in [0.2, 0.25) is 0 Å². The van der Waals surface area contributed by atoms with E-state index in [1.807, 2.05) is 31.2 Å². The Hall–Kier alpha value is -1.39. The van der Waals surface area contributed by atoms with Crippen LogP contribution < -0.4 is 5.32 Å². The van der Waals surface area contributed by atoms with E-state index in [9.17, 15) is 4.79 Å². The van der Waals surface area contributed by atoms with Gasteiger partial charge in [0.1, 0.15) is 0 Å². The fourth-order valence-corrected chi connectivity index (χ4v) is 1.67. The van der Waals surface area contributed by atoms with Gasteiger partial charge in [-0.1, -0.05) is 24.3 Å². The number of esters is 1. The van der Waals surface area contributed by atoms with E-state index in [2.05, 4.69) is 10.1 Å². The van der Waals surface area contributed by atoms with Gasteiger partial charge >= 0.3 is 5.97 Å². The maximum Gasteiger partial charge on any atom is 0.305 e. The Morgan fingerprint density at radius 3 is 2.83 bits per heavy atom. The third-order valence-corrected chi connectivity index (χ3v) is 2.84. The number of carbonyl (C=O) groups is 1. The third kappa shape index (κ3) is 5.29. The van der Waals surface area contributed by atoms with Crippen molar-refractivity contribution in [3.63, 3.8) is 0 Å². The lowest BCUT2D eigenvalue weighted by Crippen LogP contribution is -2.26. The van der Waals surface area contributed by atoms with Gasteiger partial charge in [-0.25, -0.2) is 0 Å². The topological polar surface area (TPSA) is 58.6 Å². The molecule has 0 heterocycles. The summed E-state index contributed by atoms with van der Waals surface area (Å²) in [5.41, 5.74) is 2.04. The highest BCUT2D eigenvalue weighted by atomic mass is 16.5. The smallest absolute Gasteiger partial charge is 0.305 e. The Morgan fingerprint density at radius 1 is 1.44 bits per heavy atom. The van der Waals surface area contributed by atoms with E-state index < -0.39 is 0 Å². The summed E-state index contributed by atoms with van der Waals surface area (Å²) in [6, 6.07) is 8.06. The minimum atomic E-state index is -0.175. The fraction of sp³-hybridized carbons (Fsp3) is 0.500. The van der Waals surface area contributed by atoms with Crippen molar-refractivity contribution in [1.29, 1.82) is 0 Å². The summed E-state index contributed by atoms with van der Waals surface area (Å²) in [6.07, 6.45) is 1.19. The molecule has 0 saturated heterocycles. The number of carbonyl (C=O) groups excluding carboxylic acids is 1. The highest BCUT2D eigenvalue weighted by Crippen LogP contribution is 2.06. The Kier molecular flexibility index (Phi) is 6.39. The summed E-state index contributed by atoms with van der Waals surface area (Å²) in [5, 5.41) is 12.4. The monoisotopic (exact) mass is 251 g/mol. The Morgan fingerprint density at radius 2 is 2.17 bits per heavy atom. The molecule has 0 unspecified atom stereocenters. The molecule has 1 aromatic rings.